The van der Waals surface area contributed by atoms with E-state index in [0.717, 1.165) is 29.2 Å². The summed E-state index contributed by atoms with van der Waals surface area (Å²) in [6.45, 7) is 7.32. The van der Waals surface area contributed by atoms with Crippen molar-refractivity contribution in [3.8, 4) is 11.8 Å². The number of alkyl halides is 2. The van der Waals surface area contributed by atoms with E-state index in [2.05, 4.69) is 26.0 Å². The number of fused-ring (bicyclic) bond motifs is 1. The Labute approximate surface area is 214 Å². The smallest absolute Gasteiger partial charge is 0.407 e. The van der Waals surface area contributed by atoms with Gasteiger partial charge in [0.05, 0.1) is 47.6 Å². The second-order valence-corrected chi connectivity index (χ2v) is 10.0. The van der Waals surface area contributed by atoms with Crippen molar-refractivity contribution in [2.75, 3.05) is 24.6 Å². The molecule has 1 amide bonds. The normalized spacial score (nSPS) is 14.4. The molecule has 0 spiro atoms. The Morgan fingerprint density at radius 3 is 2.51 bits per heavy atom. The number of ether oxygens (including phenoxy) is 2. The first-order valence-corrected chi connectivity index (χ1v) is 12.0. The van der Waals surface area contributed by atoms with Gasteiger partial charge in [-0.25, -0.2) is 14.5 Å². The highest BCUT2D eigenvalue weighted by Crippen LogP contribution is 2.34. The van der Waals surface area contributed by atoms with Gasteiger partial charge < -0.3 is 19.7 Å². The number of hydrogen-bond donors (Lipinski definition) is 1. The zero-order valence-corrected chi connectivity index (χ0v) is 21.3. The zero-order chi connectivity index (χ0) is 26.8. The van der Waals surface area contributed by atoms with E-state index in [9.17, 15) is 18.8 Å². The number of nitriles is 1. The van der Waals surface area contributed by atoms with Gasteiger partial charge in [0.2, 0.25) is 0 Å². The summed E-state index contributed by atoms with van der Waals surface area (Å²) in [6, 6.07) is 11.5. The summed E-state index contributed by atoms with van der Waals surface area (Å²) in [7, 11) is 0. The average molecular weight is 513 g/mol. The monoisotopic (exact) mass is 512 g/mol. The lowest BCUT2D eigenvalue weighted by atomic mass is 10.0. The van der Waals surface area contributed by atoms with Crippen LogP contribution in [0.2, 0.25) is 0 Å². The van der Waals surface area contributed by atoms with Gasteiger partial charge >= 0.3 is 12.2 Å². The number of pyridine rings is 1. The fraction of sp³-hybridized carbons (Fsp3) is 0.462. The van der Waals surface area contributed by atoms with Crippen LogP contribution in [0.5, 0.6) is 0 Å². The number of carbonyl (C=O) groups is 1. The summed E-state index contributed by atoms with van der Waals surface area (Å²) in [5.41, 5.74) is 3.02. The highest BCUT2D eigenvalue weighted by molar-refractivity contribution is 5.93. The second kappa shape index (κ2) is 10.3. The quantitative estimate of drug-likeness (QED) is 0.471. The molecule has 1 aliphatic heterocycles. The van der Waals surface area contributed by atoms with Gasteiger partial charge in [0.1, 0.15) is 5.60 Å². The Morgan fingerprint density at radius 1 is 1.19 bits per heavy atom. The first kappa shape index (κ1) is 26.3. The minimum atomic E-state index is -3.16. The third-order valence-electron chi connectivity index (χ3n) is 5.75. The molecule has 4 rings (SSSR count). The van der Waals surface area contributed by atoms with E-state index in [0.29, 0.717) is 30.9 Å². The fourth-order valence-electron chi connectivity index (χ4n) is 4.04. The molecule has 1 aromatic carbocycles. The van der Waals surface area contributed by atoms with E-state index in [-0.39, 0.29) is 19.1 Å². The molecule has 196 valence electrons. The van der Waals surface area contributed by atoms with E-state index in [1.54, 1.807) is 31.6 Å². The van der Waals surface area contributed by atoms with Gasteiger partial charge in [-0.2, -0.15) is 19.1 Å². The minimum Gasteiger partial charge on any atom is -0.444 e. The number of hydrogen-bond acceptors (Lipinski definition) is 7. The molecule has 0 unspecified atom stereocenters. The topological polar surface area (TPSA) is 105 Å². The number of aromatic nitrogens is 3. The van der Waals surface area contributed by atoms with Crippen molar-refractivity contribution in [2.45, 2.75) is 52.4 Å². The summed E-state index contributed by atoms with van der Waals surface area (Å²) >= 11 is 0. The van der Waals surface area contributed by atoms with E-state index >= 15 is 0 Å². The SMILES string of the molecule is CC(C)(C)OC(=O)NCc1nn(-c2ccc(CCOC(C)(F)F)cc2)c2nccc(N3CC(C#N)C3)c12. The summed E-state index contributed by atoms with van der Waals surface area (Å²) in [6.07, 6.45) is -1.69. The van der Waals surface area contributed by atoms with Crippen molar-refractivity contribution in [3.05, 3.63) is 47.8 Å². The van der Waals surface area contributed by atoms with Crippen molar-refractivity contribution in [2.24, 2.45) is 5.92 Å². The summed E-state index contributed by atoms with van der Waals surface area (Å²) < 4.78 is 37.4. The molecule has 1 fully saturated rings. The molecule has 1 saturated heterocycles. The lowest BCUT2D eigenvalue weighted by molar-refractivity contribution is -0.223. The van der Waals surface area contributed by atoms with Crippen molar-refractivity contribution < 1.29 is 23.0 Å². The number of carbonyl (C=O) groups excluding carboxylic acids is 1. The number of amides is 1. The third kappa shape index (κ3) is 6.51. The standard InChI is InChI=1S/C26H30F2N6O3/c1-25(2,3)37-24(35)31-14-20-22-21(33-15-18(13-29)16-33)9-11-30-23(22)34(32-20)19-7-5-17(6-8-19)10-12-36-26(4,27)28/h5-9,11,18H,10,12,14-16H2,1-4H3,(H,31,35). The lowest BCUT2D eigenvalue weighted by Gasteiger charge is -2.37. The van der Waals surface area contributed by atoms with Crippen LogP contribution in [0.15, 0.2) is 36.5 Å². The molecule has 1 aliphatic rings. The van der Waals surface area contributed by atoms with Crippen molar-refractivity contribution in [1.29, 1.82) is 5.26 Å². The fourth-order valence-corrected chi connectivity index (χ4v) is 4.04. The average Bonchev–Trinajstić information content (AvgIpc) is 3.15. The van der Waals surface area contributed by atoms with Crippen molar-refractivity contribution in [1.82, 2.24) is 20.1 Å². The van der Waals surface area contributed by atoms with Crippen LogP contribution in [0, 0.1) is 17.2 Å². The van der Waals surface area contributed by atoms with E-state index in [4.69, 9.17) is 9.84 Å². The molecular formula is C26H30F2N6O3. The molecule has 11 heteroatoms. The van der Waals surface area contributed by atoms with Crippen molar-refractivity contribution in [3.63, 3.8) is 0 Å². The number of benzene rings is 1. The van der Waals surface area contributed by atoms with Crippen LogP contribution in [0.3, 0.4) is 0 Å². The Bertz CT molecular complexity index is 1300. The predicted octanol–water partition coefficient (Wildman–Crippen LogP) is 4.58. The summed E-state index contributed by atoms with van der Waals surface area (Å²) in [4.78, 5) is 19.0. The number of nitrogens with zero attached hydrogens (tertiary/aromatic N) is 5. The zero-order valence-electron chi connectivity index (χ0n) is 21.3. The molecule has 37 heavy (non-hydrogen) atoms. The van der Waals surface area contributed by atoms with Crippen LogP contribution in [-0.2, 0) is 22.4 Å². The first-order chi connectivity index (χ1) is 17.4. The van der Waals surface area contributed by atoms with Crippen LogP contribution in [0.25, 0.3) is 16.7 Å². The Balaban J connectivity index is 1.63. The van der Waals surface area contributed by atoms with E-state index < -0.39 is 17.8 Å². The van der Waals surface area contributed by atoms with Crippen LogP contribution in [0.1, 0.15) is 39.0 Å². The van der Waals surface area contributed by atoms with Gasteiger partial charge in [-0.1, -0.05) is 12.1 Å². The molecular weight excluding hydrogens is 482 g/mol. The number of alkyl carbamates (subject to hydrolysis) is 1. The second-order valence-electron chi connectivity index (χ2n) is 10.0. The molecule has 9 nitrogen and oxygen atoms in total. The maximum atomic E-state index is 12.9. The van der Waals surface area contributed by atoms with Gasteiger partial charge in [-0.15, -0.1) is 0 Å². The predicted molar refractivity (Wildman–Crippen MR) is 134 cm³/mol. The largest absolute Gasteiger partial charge is 0.444 e. The molecule has 0 saturated carbocycles. The van der Waals surface area contributed by atoms with Crippen LogP contribution >= 0.6 is 0 Å². The lowest BCUT2D eigenvalue weighted by Crippen LogP contribution is -2.46. The van der Waals surface area contributed by atoms with Crippen molar-refractivity contribution >= 4 is 22.8 Å². The number of halogens is 2. The summed E-state index contributed by atoms with van der Waals surface area (Å²) in [5.74, 6) is -0.0363. The van der Waals surface area contributed by atoms with Gasteiger partial charge in [0.25, 0.3) is 0 Å². The molecule has 0 radical (unpaired) electrons. The highest BCUT2D eigenvalue weighted by atomic mass is 19.3. The highest BCUT2D eigenvalue weighted by Gasteiger charge is 2.30. The number of nitrogens with one attached hydrogen (secondary N) is 1. The summed E-state index contributed by atoms with van der Waals surface area (Å²) in [5, 5.41) is 17.5. The molecule has 1 N–H and O–H groups in total. The first-order valence-electron chi connectivity index (χ1n) is 12.0. The minimum absolute atomic E-state index is 0.0363. The van der Waals surface area contributed by atoms with Gasteiger partial charge in [-0.05, 0) is 51.0 Å². The van der Waals surface area contributed by atoms with Crippen LogP contribution in [-0.4, -0.2) is 52.3 Å². The number of anilines is 1. The maximum absolute atomic E-state index is 12.9. The van der Waals surface area contributed by atoms with E-state index in [1.807, 2.05) is 30.3 Å². The van der Waals surface area contributed by atoms with Gasteiger partial charge in [0, 0.05) is 26.2 Å². The molecule has 3 aromatic rings. The van der Waals surface area contributed by atoms with Crippen LogP contribution < -0.4 is 10.2 Å². The molecule has 0 aliphatic carbocycles. The molecule has 0 atom stereocenters. The Kier molecular flexibility index (Phi) is 7.32. The Morgan fingerprint density at radius 2 is 1.89 bits per heavy atom. The molecule has 2 aromatic heterocycles. The number of rotatable bonds is 8. The molecule has 0 bridgehead atoms. The molecule has 3 heterocycles. The Hall–Kier alpha value is -3.78. The van der Waals surface area contributed by atoms with Gasteiger partial charge in [0.15, 0.2) is 5.65 Å². The third-order valence-corrected chi connectivity index (χ3v) is 5.75. The van der Waals surface area contributed by atoms with Crippen LogP contribution in [0.4, 0.5) is 19.3 Å². The maximum Gasteiger partial charge on any atom is 0.407 e. The van der Waals surface area contributed by atoms with Gasteiger partial charge in [-0.3, -0.25) is 0 Å². The van der Waals surface area contributed by atoms with E-state index in [1.165, 1.54) is 0 Å².